The van der Waals surface area contributed by atoms with Gasteiger partial charge in [-0.15, -0.1) is 0 Å². The van der Waals surface area contributed by atoms with Crippen LogP contribution in [0.5, 0.6) is 17.2 Å². The van der Waals surface area contributed by atoms with Crippen LogP contribution in [0.4, 0.5) is 5.69 Å². The van der Waals surface area contributed by atoms with E-state index in [-0.39, 0.29) is 0 Å². The zero-order valence-electron chi connectivity index (χ0n) is 17.7. The Morgan fingerprint density at radius 1 is 0.818 bits per heavy atom. The van der Waals surface area contributed by atoms with Gasteiger partial charge >= 0.3 is 212 Å². The molecular formula is C26H19BrClNO3Sn. The Morgan fingerprint density at radius 3 is 2.09 bits per heavy atom. The zero-order chi connectivity index (χ0) is 22.8. The van der Waals surface area contributed by atoms with Crippen LogP contribution in [0.25, 0.3) is 0 Å². The normalized spacial score (nSPS) is 13.9. The average molecular weight is 628 g/mol. The summed E-state index contributed by atoms with van der Waals surface area (Å²) >= 11 is 5.60. The molecule has 1 heterocycles. The number of benzene rings is 4. The third-order valence-corrected chi connectivity index (χ3v) is 15.2. The Labute approximate surface area is 210 Å². The first-order valence-electron chi connectivity index (χ1n) is 10.3. The first kappa shape index (κ1) is 22.3. The van der Waals surface area contributed by atoms with Crippen molar-refractivity contribution in [3.63, 3.8) is 0 Å². The summed E-state index contributed by atoms with van der Waals surface area (Å²) in [4.78, 5) is 4.73. The van der Waals surface area contributed by atoms with Gasteiger partial charge in [0.25, 0.3) is 0 Å². The van der Waals surface area contributed by atoms with Gasteiger partial charge in [-0.3, -0.25) is 0 Å². The number of para-hydroxylation sites is 1. The van der Waals surface area contributed by atoms with Gasteiger partial charge in [0.15, 0.2) is 0 Å². The van der Waals surface area contributed by atoms with Gasteiger partial charge in [-0.05, 0) is 0 Å². The van der Waals surface area contributed by atoms with Crippen molar-refractivity contribution in [1.29, 1.82) is 0 Å². The van der Waals surface area contributed by atoms with E-state index >= 15 is 0 Å². The number of hydrogen-bond acceptors (Lipinski definition) is 4. The Hall–Kier alpha value is -2.48. The fourth-order valence-corrected chi connectivity index (χ4v) is 14.0. The number of ether oxygens (including phenoxy) is 1. The standard InChI is InChI=1S/C14H11BrClNO3.2C6H5.Sn/c1-20-12-4-2-3-8(13(12)18)7-17-11-6-9(16)5-10(15)14(11)19;2*1-2-4-6-5-3-1;/h2-7,18-19H,1H3;2*1-5H;/q;;;+2/p-2. The van der Waals surface area contributed by atoms with Crippen molar-refractivity contribution in [2.75, 3.05) is 7.11 Å². The fraction of sp³-hybridized carbons (Fsp3) is 0.0385. The Balaban J connectivity index is 1.88. The molecule has 0 N–H and O–H groups in total. The summed E-state index contributed by atoms with van der Waals surface area (Å²) in [7, 11) is 1.64. The molecule has 1 aliphatic heterocycles. The van der Waals surface area contributed by atoms with Gasteiger partial charge in [0, 0.05) is 0 Å². The molecule has 1 aliphatic rings. The second-order valence-electron chi connectivity index (χ2n) is 7.43. The van der Waals surface area contributed by atoms with Crippen molar-refractivity contribution in [1.82, 2.24) is 0 Å². The maximum absolute atomic E-state index is 7.06. The summed E-state index contributed by atoms with van der Waals surface area (Å²) in [5.74, 6) is 1.84. The average Bonchev–Trinajstić information content (AvgIpc) is 2.92. The summed E-state index contributed by atoms with van der Waals surface area (Å²) in [6.45, 7) is 0. The van der Waals surface area contributed by atoms with Gasteiger partial charge in [0.1, 0.15) is 0 Å². The number of aliphatic imine (C=N–C) groups is 1. The molecule has 4 nitrogen and oxygen atoms in total. The molecule has 0 unspecified atom stereocenters. The molecule has 5 rings (SSSR count). The van der Waals surface area contributed by atoms with Crippen LogP contribution in [0, 0.1) is 0 Å². The quantitative estimate of drug-likeness (QED) is 0.266. The van der Waals surface area contributed by atoms with Crippen molar-refractivity contribution in [2.45, 2.75) is 0 Å². The summed E-state index contributed by atoms with van der Waals surface area (Å²) in [5.41, 5.74) is 1.43. The molecule has 0 fully saturated rings. The summed E-state index contributed by atoms with van der Waals surface area (Å²) in [6.07, 6.45) is 1.76. The Kier molecular flexibility index (Phi) is 6.36. The first-order chi connectivity index (χ1) is 16.1. The van der Waals surface area contributed by atoms with Crippen LogP contribution >= 0.6 is 27.5 Å². The number of hydrogen-bond donors (Lipinski definition) is 0. The molecule has 164 valence electrons. The van der Waals surface area contributed by atoms with Crippen LogP contribution < -0.4 is 18.0 Å². The van der Waals surface area contributed by atoms with E-state index in [1.165, 1.54) is 0 Å². The van der Waals surface area contributed by atoms with Gasteiger partial charge in [0.2, 0.25) is 0 Å². The van der Waals surface area contributed by atoms with Gasteiger partial charge in [-0.1, -0.05) is 0 Å². The van der Waals surface area contributed by atoms with Crippen LogP contribution in [0.2, 0.25) is 5.02 Å². The SMILES string of the molecule is COc1cccc2c1[O][Sn]([c]1ccccc1)([c]1ccccc1)[O]c1c(Br)cc(Cl)cc1N=C2. The Morgan fingerprint density at radius 2 is 1.45 bits per heavy atom. The molecule has 7 heteroatoms. The first-order valence-corrected chi connectivity index (χ1v) is 16.7. The van der Waals surface area contributed by atoms with Crippen LogP contribution in [0.15, 0.2) is 100 Å². The fourth-order valence-electron chi connectivity index (χ4n) is 3.81. The maximum atomic E-state index is 7.06. The van der Waals surface area contributed by atoms with E-state index in [0.717, 1.165) is 17.2 Å². The zero-order valence-corrected chi connectivity index (χ0v) is 22.9. The second-order valence-corrected chi connectivity index (χ2v) is 16.7. The Bertz CT molecular complexity index is 1290. The van der Waals surface area contributed by atoms with Crippen molar-refractivity contribution in [3.05, 3.63) is 106 Å². The molecule has 0 aliphatic carbocycles. The van der Waals surface area contributed by atoms with Gasteiger partial charge in [0.05, 0.1) is 0 Å². The summed E-state index contributed by atoms with van der Waals surface area (Å²) in [5, 5.41) is 0.563. The second kappa shape index (κ2) is 9.41. The predicted molar refractivity (Wildman–Crippen MR) is 139 cm³/mol. The third kappa shape index (κ3) is 4.25. The van der Waals surface area contributed by atoms with Crippen molar-refractivity contribution in [3.8, 4) is 17.2 Å². The van der Waals surface area contributed by atoms with E-state index in [9.17, 15) is 0 Å². The van der Waals surface area contributed by atoms with Crippen molar-refractivity contribution < 1.29 is 10.9 Å². The van der Waals surface area contributed by atoms with Gasteiger partial charge < -0.3 is 0 Å². The van der Waals surface area contributed by atoms with Crippen LogP contribution in [0.1, 0.15) is 5.56 Å². The van der Waals surface area contributed by atoms with Gasteiger partial charge in [-0.2, -0.15) is 0 Å². The molecule has 0 aromatic heterocycles. The van der Waals surface area contributed by atoms with E-state index in [1.54, 1.807) is 19.4 Å². The van der Waals surface area contributed by atoms with Crippen LogP contribution in [-0.2, 0) is 0 Å². The number of nitrogens with zero attached hydrogens (tertiary/aromatic N) is 1. The predicted octanol–water partition coefficient (Wildman–Crippen LogP) is 5.89. The molecule has 0 spiro atoms. The summed E-state index contributed by atoms with van der Waals surface area (Å²) < 4.78 is 22.5. The minimum atomic E-state index is -4.43. The number of halogens is 2. The number of rotatable bonds is 3. The molecule has 4 aromatic carbocycles. The van der Waals surface area contributed by atoms with Crippen molar-refractivity contribution >= 4 is 65.8 Å². The number of fused-ring (bicyclic) bond motifs is 2. The monoisotopic (exact) mass is 627 g/mol. The van der Waals surface area contributed by atoms with Gasteiger partial charge in [-0.25, -0.2) is 0 Å². The van der Waals surface area contributed by atoms with Crippen LogP contribution in [-0.4, -0.2) is 32.5 Å². The molecule has 0 amide bonds. The molecular weight excluding hydrogens is 608 g/mol. The van der Waals surface area contributed by atoms with E-state index in [4.69, 9.17) is 27.5 Å². The molecule has 0 saturated heterocycles. The molecule has 0 saturated carbocycles. The molecule has 0 radical (unpaired) electrons. The van der Waals surface area contributed by atoms with E-state index < -0.39 is 19.2 Å². The van der Waals surface area contributed by atoms with E-state index in [1.807, 2.05) is 60.7 Å². The van der Waals surface area contributed by atoms with Crippen molar-refractivity contribution in [2.24, 2.45) is 4.99 Å². The molecule has 0 bridgehead atoms. The topological polar surface area (TPSA) is 40.0 Å². The number of methoxy groups -OCH3 is 1. The molecule has 0 atom stereocenters. The molecule has 4 aromatic rings. The van der Waals surface area contributed by atoms with E-state index in [2.05, 4.69) is 40.2 Å². The third-order valence-electron chi connectivity index (χ3n) is 5.36. The minimum absolute atomic E-state index is 0.563. The van der Waals surface area contributed by atoms with E-state index in [0.29, 0.717) is 28.0 Å². The van der Waals surface area contributed by atoms with Crippen LogP contribution in [0.3, 0.4) is 0 Å². The summed E-state index contributed by atoms with van der Waals surface area (Å²) in [6, 6.07) is 29.7. The molecule has 33 heavy (non-hydrogen) atoms.